The second-order valence-corrected chi connectivity index (χ2v) is 5.03. The van der Waals surface area contributed by atoms with E-state index in [1.807, 2.05) is 0 Å². The van der Waals surface area contributed by atoms with Gasteiger partial charge >= 0.3 is 0 Å². The number of nitrogens with two attached hydrogens (primary N) is 1. The third kappa shape index (κ3) is 2.79. The molecule has 0 fully saturated rings. The molecule has 94 valence electrons. The smallest absolute Gasteiger partial charge is 0.283 e. The molecule has 0 radical (unpaired) electrons. The van der Waals surface area contributed by atoms with Crippen molar-refractivity contribution in [1.29, 1.82) is 0 Å². The van der Waals surface area contributed by atoms with Crippen molar-refractivity contribution in [3.8, 4) is 0 Å². The largest absolute Gasteiger partial charge is 0.368 e. The molecule has 0 spiro atoms. The van der Waals surface area contributed by atoms with Gasteiger partial charge in [0.2, 0.25) is 11.1 Å². The van der Waals surface area contributed by atoms with Gasteiger partial charge in [0.25, 0.3) is 5.69 Å². The summed E-state index contributed by atoms with van der Waals surface area (Å²) in [4.78, 5) is 14.3. The Kier molecular flexibility index (Phi) is 3.82. The van der Waals surface area contributed by atoms with Crippen molar-refractivity contribution in [2.75, 3.05) is 5.73 Å². The Bertz CT molecular complexity index is 588. The molecule has 1 aromatic carbocycles. The Labute approximate surface area is 114 Å². The van der Waals surface area contributed by atoms with Gasteiger partial charge < -0.3 is 5.73 Å². The van der Waals surface area contributed by atoms with Crippen LogP contribution in [0.2, 0.25) is 0 Å². The molecule has 0 aliphatic rings. The van der Waals surface area contributed by atoms with Gasteiger partial charge in [-0.15, -0.1) is 5.10 Å². The van der Waals surface area contributed by atoms with Gasteiger partial charge in [-0.1, -0.05) is 23.9 Å². The van der Waals surface area contributed by atoms with Crippen molar-refractivity contribution in [2.45, 2.75) is 10.9 Å². The standard InChI is InChI=1S/C9H8BrN5O2S/c10-7-5(2-1-3-6(7)15(16)17)4-18-9-12-8(11)13-14-9/h1-3H,4H2,(H3,11,12,13,14). The quantitative estimate of drug-likeness (QED) is 0.506. The van der Waals surface area contributed by atoms with Crippen molar-refractivity contribution >= 4 is 39.3 Å². The Morgan fingerprint density at radius 2 is 2.33 bits per heavy atom. The summed E-state index contributed by atoms with van der Waals surface area (Å²) < 4.78 is 0.478. The molecular weight excluding hydrogens is 322 g/mol. The van der Waals surface area contributed by atoms with Crippen molar-refractivity contribution in [3.05, 3.63) is 38.3 Å². The molecule has 2 rings (SSSR count). The van der Waals surface area contributed by atoms with E-state index < -0.39 is 4.92 Å². The highest BCUT2D eigenvalue weighted by Gasteiger charge is 2.15. The minimum absolute atomic E-state index is 0.0441. The lowest BCUT2D eigenvalue weighted by atomic mass is 10.2. The van der Waals surface area contributed by atoms with Gasteiger partial charge in [-0.25, -0.2) is 5.10 Å². The molecule has 7 nitrogen and oxygen atoms in total. The number of thioether (sulfide) groups is 1. The van der Waals surface area contributed by atoms with Crippen LogP contribution in [0.4, 0.5) is 11.6 Å². The molecular formula is C9H8BrN5O2S. The lowest BCUT2D eigenvalue weighted by Gasteiger charge is -2.02. The zero-order valence-corrected chi connectivity index (χ0v) is 11.4. The van der Waals surface area contributed by atoms with E-state index in [1.54, 1.807) is 12.1 Å². The van der Waals surface area contributed by atoms with Gasteiger partial charge in [-0.2, -0.15) is 4.98 Å². The zero-order valence-electron chi connectivity index (χ0n) is 8.96. The SMILES string of the molecule is Nc1nc(SCc2cccc([N+](=O)[O-])c2Br)n[nH]1. The Morgan fingerprint density at radius 3 is 2.94 bits per heavy atom. The van der Waals surface area contributed by atoms with E-state index in [0.29, 0.717) is 15.4 Å². The molecule has 0 saturated heterocycles. The number of nitro groups is 1. The van der Waals surface area contributed by atoms with Crippen LogP contribution in [0, 0.1) is 10.1 Å². The highest BCUT2D eigenvalue weighted by atomic mass is 79.9. The maximum absolute atomic E-state index is 10.8. The Hall–Kier alpha value is -1.61. The number of nitro benzene ring substituents is 1. The van der Waals surface area contributed by atoms with Crippen molar-refractivity contribution in [3.63, 3.8) is 0 Å². The third-order valence-electron chi connectivity index (χ3n) is 2.09. The Balaban J connectivity index is 2.14. The normalized spacial score (nSPS) is 10.5. The molecule has 0 amide bonds. The molecule has 18 heavy (non-hydrogen) atoms. The number of aromatic amines is 1. The molecule has 0 aliphatic heterocycles. The fourth-order valence-corrected chi connectivity index (χ4v) is 2.82. The van der Waals surface area contributed by atoms with Crippen LogP contribution in [-0.2, 0) is 5.75 Å². The van der Waals surface area contributed by atoms with E-state index >= 15 is 0 Å². The average Bonchev–Trinajstić information content (AvgIpc) is 2.73. The highest BCUT2D eigenvalue weighted by Crippen LogP contribution is 2.31. The number of rotatable bonds is 4. The third-order valence-corrected chi connectivity index (χ3v) is 3.91. The predicted octanol–water partition coefficient (Wildman–Crippen LogP) is 2.35. The first kappa shape index (κ1) is 12.8. The molecule has 1 heterocycles. The van der Waals surface area contributed by atoms with Gasteiger partial charge in [0.05, 0.1) is 9.40 Å². The zero-order chi connectivity index (χ0) is 13.1. The van der Waals surface area contributed by atoms with Crippen molar-refractivity contribution in [1.82, 2.24) is 15.2 Å². The summed E-state index contributed by atoms with van der Waals surface area (Å²) in [7, 11) is 0. The Morgan fingerprint density at radius 1 is 1.56 bits per heavy atom. The number of halogens is 1. The van der Waals surface area contributed by atoms with Crippen LogP contribution in [0.25, 0.3) is 0 Å². The second-order valence-electron chi connectivity index (χ2n) is 3.30. The summed E-state index contributed by atoms with van der Waals surface area (Å²) in [5, 5.41) is 17.7. The van der Waals surface area contributed by atoms with Crippen LogP contribution in [0.1, 0.15) is 5.56 Å². The average molecular weight is 330 g/mol. The maximum Gasteiger partial charge on any atom is 0.283 e. The number of nitrogens with one attached hydrogen (secondary N) is 1. The molecule has 0 aliphatic carbocycles. The van der Waals surface area contributed by atoms with E-state index in [-0.39, 0.29) is 11.6 Å². The number of hydrogen-bond acceptors (Lipinski definition) is 6. The molecule has 1 aromatic heterocycles. The monoisotopic (exact) mass is 329 g/mol. The lowest BCUT2D eigenvalue weighted by molar-refractivity contribution is -0.385. The van der Waals surface area contributed by atoms with Gasteiger partial charge in [-0.3, -0.25) is 10.1 Å². The first-order chi connectivity index (χ1) is 8.58. The number of benzene rings is 1. The molecule has 0 unspecified atom stereocenters. The summed E-state index contributed by atoms with van der Waals surface area (Å²) in [5.74, 6) is 0.759. The van der Waals surface area contributed by atoms with Crippen LogP contribution in [-0.4, -0.2) is 20.1 Å². The summed E-state index contributed by atoms with van der Waals surface area (Å²) in [6.45, 7) is 0. The van der Waals surface area contributed by atoms with Gasteiger partial charge in [-0.05, 0) is 21.5 Å². The maximum atomic E-state index is 10.8. The number of aromatic nitrogens is 3. The van der Waals surface area contributed by atoms with E-state index in [1.165, 1.54) is 17.8 Å². The second kappa shape index (κ2) is 5.36. The van der Waals surface area contributed by atoms with Crippen LogP contribution in [0.3, 0.4) is 0 Å². The van der Waals surface area contributed by atoms with Gasteiger partial charge in [0.1, 0.15) is 0 Å². The van der Waals surface area contributed by atoms with Crippen LogP contribution < -0.4 is 5.73 Å². The molecule has 2 aromatic rings. The van der Waals surface area contributed by atoms with Crippen molar-refractivity contribution < 1.29 is 4.92 Å². The molecule has 3 N–H and O–H groups in total. The summed E-state index contributed by atoms with van der Waals surface area (Å²) in [5.41, 5.74) is 6.25. The van der Waals surface area contributed by atoms with Crippen molar-refractivity contribution in [2.24, 2.45) is 0 Å². The fourth-order valence-electron chi connectivity index (χ4n) is 1.28. The number of H-pyrrole nitrogens is 1. The minimum Gasteiger partial charge on any atom is -0.368 e. The summed E-state index contributed by atoms with van der Waals surface area (Å²) >= 11 is 4.58. The molecule has 0 atom stereocenters. The molecule has 9 heteroatoms. The van der Waals surface area contributed by atoms with Crippen LogP contribution in [0.5, 0.6) is 0 Å². The van der Waals surface area contributed by atoms with Gasteiger partial charge in [0, 0.05) is 11.8 Å². The minimum atomic E-state index is -0.428. The first-order valence-electron chi connectivity index (χ1n) is 4.80. The van der Waals surface area contributed by atoms with Crippen LogP contribution in [0.15, 0.2) is 27.8 Å². The fraction of sp³-hybridized carbons (Fsp3) is 0.111. The van der Waals surface area contributed by atoms with Gasteiger partial charge in [0.15, 0.2) is 0 Å². The molecule has 0 saturated carbocycles. The molecule has 0 bridgehead atoms. The highest BCUT2D eigenvalue weighted by molar-refractivity contribution is 9.10. The van der Waals surface area contributed by atoms with E-state index in [4.69, 9.17) is 5.73 Å². The van der Waals surface area contributed by atoms with E-state index in [9.17, 15) is 10.1 Å². The number of nitrogen functional groups attached to an aromatic ring is 1. The predicted molar refractivity (Wildman–Crippen MR) is 71.2 cm³/mol. The van der Waals surface area contributed by atoms with Crippen LogP contribution >= 0.6 is 27.7 Å². The topological polar surface area (TPSA) is 111 Å². The lowest BCUT2D eigenvalue weighted by Crippen LogP contribution is -1.92. The number of nitrogens with zero attached hydrogens (tertiary/aromatic N) is 3. The number of anilines is 1. The summed E-state index contributed by atoms with van der Waals surface area (Å²) in [6.07, 6.45) is 0. The first-order valence-corrected chi connectivity index (χ1v) is 6.58. The van der Waals surface area contributed by atoms with E-state index in [2.05, 4.69) is 31.1 Å². The summed E-state index contributed by atoms with van der Waals surface area (Å²) in [6, 6.07) is 4.90. The number of hydrogen-bond donors (Lipinski definition) is 2. The van der Waals surface area contributed by atoms with E-state index in [0.717, 1.165) is 5.56 Å².